The summed E-state index contributed by atoms with van der Waals surface area (Å²) in [6.45, 7) is 1.79. The monoisotopic (exact) mass is 299 g/mol. The first-order chi connectivity index (χ1) is 8.04. The predicted molar refractivity (Wildman–Crippen MR) is 63.1 cm³/mol. The van der Waals surface area contributed by atoms with Gasteiger partial charge in [-0.15, -0.1) is 0 Å². The molecule has 5 heteroatoms. The molecule has 0 aliphatic carbocycles. The van der Waals surface area contributed by atoms with Gasteiger partial charge in [-0.2, -0.15) is 0 Å². The quantitative estimate of drug-likeness (QED) is 0.828. The molecule has 2 nitrogen and oxygen atoms in total. The fraction of sp³-hybridized carbons (Fsp3) is 0.0833. The van der Waals surface area contributed by atoms with Crippen molar-refractivity contribution in [1.29, 1.82) is 0 Å². The molecule has 0 spiro atoms. The number of hydrogen-bond donors (Lipinski definition) is 0. The van der Waals surface area contributed by atoms with Crippen molar-refractivity contribution in [3.8, 4) is 11.6 Å². The average Bonchev–Trinajstić information content (AvgIpc) is 2.21. The van der Waals surface area contributed by atoms with Gasteiger partial charge < -0.3 is 4.74 Å². The Balaban J connectivity index is 2.31. The van der Waals surface area contributed by atoms with Gasteiger partial charge in [-0.05, 0) is 28.9 Å². The second-order valence-corrected chi connectivity index (χ2v) is 4.40. The van der Waals surface area contributed by atoms with Crippen molar-refractivity contribution >= 4 is 15.9 Å². The number of benzene rings is 1. The number of ether oxygens (including phenoxy) is 1. The van der Waals surface area contributed by atoms with Gasteiger partial charge in [0.05, 0.1) is 0 Å². The van der Waals surface area contributed by atoms with Gasteiger partial charge >= 0.3 is 0 Å². The SMILES string of the molecule is Cc1cc(Br)cnc1Oc1cc(F)cc(F)c1. The first-order valence-corrected chi connectivity index (χ1v) is 5.60. The molecule has 0 aliphatic rings. The summed E-state index contributed by atoms with van der Waals surface area (Å²) in [5.74, 6) is -0.969. The summed E-state index contributed by atoms with van der Waals surface area (Å²) >= 11 is 3.27. The molecule has 0 atom stereocenters. The van der Waals surface area contributed by atoms with E-state index in [1.165, 1.54) is 0 Å². The Kier molecular flexibility index (Phi) is 3.38. The van der Waals surface area contributed by atoms with E-state index in [0.29, 0.717) is 5.88 Å². The highest BCUT2D eigenvalue weighted by molar-refractivity contribution is 9.10. The van der Waals surface area contributed by atoms with Crippen LogP contribution in [0.1, 0.15) is 5.56 Å². The van der Waals surface area contributed by atoms with E-state index in [4.69, 9.17) is 4.74 Å². The van der Waals surface area contributed by atoms with E-state index >= 15 is 0 Å². The minimum Gasteiger partial charge on any atom is -0.439 e. The molecule has 1 aromatic carbocycles. The smallest absolute Gasteiger partial charge is 0.222 e. The van der Waals surface area contributed by atoms with Crippen LogP contribution in [0.3, 0.4) is 0 Å². The summed E-state index contributed by atoms with van der Waals surface area (Å²) in [5, 5.41) is 0. The third kappa shape index (κ3) is 3.00. The average molecular weight is 300 g/mol. The van der Waals surface area contributed by atoms with Crippen molar-refractivity contribution in [2.75, 3.05) is 0 Å². The number of rotatable bonds is 2. The third-order valence-corrected chi connectivity index (χ3v) is 2.48. The summed E-state index contributed by atoms with van der Waals surface area (Å²) in [7, 11) is 0. The molecule has 1 heterocycles. The van der Waals surface area contributed by atoms with Crippen molar-refractivity contribution in [3.63, 3.8) is 0 Å². The molecule has 0 saturated heterocycles. The van der Waals surface area contributed by atoms with Crippen LogP contribution in [0.25, 0.3) is 0 Å². The Hall–Kier alpha value is -1.49. The van der Waals surface area contributed by atoms with Gasteiger partial charge in [0.2, 0.25) is 5.88 Å². The van der Waals surface area contributed by atoms with E-state index in [9.17, 15) is 8.78 Å². The molecule has 0 amide bonds. The second-order valence-electron chi connectivity index (χ2n) is 3.48. The maximum Gasteiger partial charge on any atom is 0.222 e. The fourth-order valence-corrected chi connectivity index (χ4v) is 1.78. The fourth-order valence-electron chi connectivity index (χ4n) is 1.33. The van der Waals surface area contributed by atoms with Crippen molar-refractivity contribution in [2.24, 2.45) is 0 Å². The number of aromatic nitrogens is 1. The van der Waals surface area contributed by atoms with Crippen LogP contribution in [-0.2, 0) is 0 Å². The van der Waals surface area contributed by atoms with Crippen LogP contribution in [0.4, 0.5) is 8.78 Å². The van der Waals surface area contributed by atoms with Crippen LogP contribution in [0, 0.1) is 18.6 Å². The Morgan fingerprint density at radius 1 is 1.12 bits per heavy atom. The van der Waals surface area contributed by atoms with Crippen LogP contribution in [0.2, 0.25) is 0 Å². The first-order valence-electron chi connectivity index (χ1n) is 4.81. The number of halogens is 3. The van der Waals surface area contributed by atoms with Crippen LogP contribution in [-0.4, -0.2) is 4.98 Å². The summed E-state index contributed by atoms with van der Waals surface area (Å²) in [6.07, 6.45) is 1.55. The predicted octanol–water partition coefficient (Wildman–Crippen LogP) is 4.22. The molecule has 0 bridgehead atoms. The maximum atomic E-state index is 12.9. The lowest BCUT2D eigenvalue weighted by atomic mass is 10.3. The molecule has 0 saturated carbocycles. The minimum atomic E-state index is -0.685. The normalized spacial score (nSPS) is 10.4. The number of aryl methyl sites for hydroxylation is 1. The summed E-state index contributed by atoms with van der Waals surface area (Å²) in [6, 6.07) is 4.80. The van der Waals surface area contributed by atoms with Crippen molar-refractivity contribution in [2.45, 2.75) is 6.92 Å². The van der Waals surface area contributed by atoms with E-state index in [2.05, 4.69) is 20.9 Å². The molecule has 2 rings (SSSR count). The van der Waals surface area contributed by atoms with E-state index in [-0.39, 0.29) is 5.75 Å². The lowest BCUT2D eigenvalue weighted by Gasteiger charge is -2.07. The molecule has 1 aromatic heterocycles. The summed E-state index contributed by atoms with van der Waals surface area (Å²) in [5.41, 5.74) is 0.768. The molecule has 0 aliphatic heterocycles. The highest BCUT2D eigenvalue weighted by atomic mass is 79.9. The molecular weight excluding hydrogens is 292 g/mol. The standard InChI is InChI=1S/C12H8BrF2NO/c1-7-2-8(13)6-16-12(7)17-11-4-9(14)3-10(15)5-11/h2-6H,1H3. The van der Waals surface area contributed by atoms with E-state index in [0.717, 1.165) is 28.2 Å². The summed E-state index contributed by atoms with van der Waals surface area (Å²) < 4.78 is 32.0. The molecular formula is C12H8BrF2NO. The maximum absolute atomic E-state index is 12.9. The lowest BCUT2D eigenvalue weighted by molar-refractivity contribution is 0.447. The topological polar surface area (TPSA) is 22.1 Å². The van der Waals surface area contributed by atoms with Crippen molar-refractivity contribution in [3.05, 3.63) is 52.1 Å². The van der Waals surface area contributed by atoms with Gasteiger partial charge in [-0.3, -0.25) is 0 Å². The zero-order valence-electron chi connectivity index (χ0n) is 8.88. The van der Waals surface area contributed by atoms with Gasteiger partial charge in [0, 0.05) is 34.4 Å². The molecule has 0 fully saturated rings. The molecule has 0 N–H and O–H groups in total. The number of hydrogen-bond acceptors (Lipinski definition) is 2. The van der Waals surface area contributed by atoms with E-state index in [1.54, 1.807) is 19.2 Å². The Bertz CT molecular complexity index is 540. The van der Waals surface area contributed by atoms with E-state index < -0.39 is 11.6 Å². The second kappa shape index (κ2) is 4.79. The van der Waals surface area contributed by atoms with Crippen LogP contribution in [0.5, 0.6) is 11.6 Å². The zero-order chi connectivity index (χ0) is 12.4. The van der Waals surface area contributed by atoms with Gasteiger partial charge in [-0.1, -0.05) is 0 Å². The Morgan fingerprint density at radius 3 is 2.35 bits per heavy atom. The molecule has 17 heavy (non-hydrogen) atoms. The molecule has 0 unspecified atom stereocenters. The number of pyridine rings is 1. The highest BCUT2D eigenvalue weighted by Crippen LogP contribution is 2.25. The molecule has 0 radical (unpaired) electrons. The van der Waals surface area contributed by atoms with Crippen LogP contribution >= 0.6 is 15.9 Å². The zero-order valence-corrected chi connectivity index (χ0v) is 10.5. The number of nitrogens with zero attached hydrogens (tertiary/aromatic N) is 1. The first kappa shape index (κ1) is 12.0. The van der Waals surface area contributed by atoms with Gasteiger partial charge in [0.25, 0.3) is 0 Å². The van der Waals surface area contributed by atoms with E-state index in [1.807, 2.05) is 0 Å². The van der Waals surface area contributed by atoms with Gasteiger partial charge in [0.1, 0.15) is 17.4 Å². The van der Waals surface area contributed by atoms with Crippen LogP contribution < -0.4 is 4.74 Å². The molecule has 88 valence electrons. The third-order valence-electron chi connectivity index (χ3n) is 2.05. The molecule has 2 aromatic rings. The largest absolute Gasteiger partial charge is 0.439 e. The van der Waals surface area contributed by atoms with Crippen molar-refractivity contribution < 1.29 is 13.5 Å². The van der Waals surface area contributed by atoms with Crippen LogP contribution in [0.15, 0.2) is 34.9 Å². The van der Waals surface area contributed by atoms with Gasteiger partial charge in [0.15, 0.2) is 0 Å². The lowest BCUT2D eigenvalue weighted by Crippen LogP contribution is -1.92. The highest BCUT2D eigenvalue weighted by Gasteiger charge is 2.06. The summed E-state index contributed by atoms with van der Waals surface area (Å²) in [4.78, 5) is 4.02. The Morgan fingerprint density at radius 2 is 1.76 bits per heavy atom. The Labute approximate surface area is 105 Å². The van der Waals surface area contributed by atoms with Gasteiger partial charge in [-0.25, -0.2) is 13.8 Å². The van der Waals surface area contributed by atoms with Crippen molar-refractivity contribution in [1.82, 2.24) is 4.98 Å². The minimum absolute atomic E-state index is 0.0837.